The van der Waals surface area contributed by atoms with Crippen LogP contribution in [0.2, 0.25) is 0 Å². The van der Waals surface area contributed by atoms with Crippen LogP contribution in [0.5, 0.6) is 5.75 Å². The van der Waals surface area contributed by atoms with Crippen molar-refractivity contribution < 1.29 is 36.1 Å². The summed E-state index contributed by atoms with van der Waals surface area (Å²) in [5, 5.41) is 10.1. The Bertz CT molecular complexity index is 361. The van der Waals surface area contributed by atoms with Gasteiger partial charge in [-0.3, -0.25) is 0 Å². The third-order valence-corrected chi connectivity index (χ3v) is 1.57. The molecule has 1 aromatic heterocycles. The van der Waals surface area contributed by atoms with Gasteiger partial charge in [-0.25, -0.2) is 0 Å². The Hall–Kier alpha value is -0.440. The zero-order valence-corrected chi connectivity index (χ0v) is 8.33. The minimum Gasteiger partial charge on any atom is -1.00 e. The van der Waals surface area contributed by atoms with E-state index in [0.29, 0.717) is 5.75 Å². The number of aromatic amines is 1. The van der Waals surface area contributed by atoms with Gasteiger partial charge in [0.05, 0.1) is 0 Å². The SMILES string of the molecule is Oc1c[nH]c2ccccc12.[H-].[Na+]. The Kier molecular flexibility index (Phi) is 2.60. The smallest absolute Gasteiger partial charge is 1.00 e. The van der Waals surface area contributed by atoms with Crippen molar-refractivity contribution in [3.63, 3.8) is 0 Å². The van der Waals surface area contributed by atoms with Gasteiger partial charge in [0.2, 0.25) is 0 Å². The fraction of sp³-hybridized carbons (Fsp3) is 0. The van der Waals surface area contributed by atoms with Crippen molar-refractivity contribution in [3.8, 4) is 5.75 Å². The number of benzene rings is 1. The third kappa shape index (κ3) is 1.43. The molecule has 0 radical (unpaired) electrons. The minimum absolute atomic E-state index is 0. The van der Waals surface area contributed by atoms with E-state index in [2.05, 4.69) is 4.98 Å². The number of H-pyrrole nitrogens is 1. The van der Waals surface area contributed by atoms with Crippen LogP contribution in [0.3, 0.4) is 0 Å². The van der Waals surface area contributed by atoms with Crippen LogP contribution in [-0.2, 0) is 0 Å². The Balaban J connectivity index is 0.000000605. The number of fused-ring (bicyclic) bond motifs is 1. The van der Waals surface area contributed by atoms with Crippen molar-refractivity contribution >= 4 is 10.9 Å². The summed E-state index contributed by atoms with van der Waals surface area (Å²) in [5.74, 6) is 0.315. The summed E-state index contributed by atoms with van der Waals surface area (Å²) >= 11 is 0. The zero-order chi connectivity index (χ0) is 6.97. The molecule has 2 N–H and O–H groups in total. The number of hydrogen-bond acceptors (Lipinski definition) is 1. The van der Waals surface area contributed by atoms with Gasteiger partial charge in [0.25, 0.3) is 0 Å². The predicted octanol–water partition coefficient (Wildman–Crippen LogP) is -1.01. The standard InChI is InChI=1S/C8H7NO.Na.H/c10-8-5-9-7-4-2-1-3-6(7)8;;/h1-5,9-10H;;/q;+1;-1. The first-order valence-corrected chi connectivity index (χ1v) is 3.13. The molecule has 0 saturated carbocycles. The van der Waals surface area contributed by atoms with Crippen molar-refractivity contribution in [1.82, 2.24) is 4.98 Å². The van der Waals surface area contributed by atoms with Crippen molar-refractivity contribution in [2.75, 3.05) is 0 Å². The summed E-state index contributed by atoms with van der Waals surface area (Å²) < 4.78 is 0. The summed E-state index contributed by atoms with van der Waals surface area (Å²) in [6.07, 6.45) is 1.59. The van der Waals surface area contributed by atoms with Gasteiger partial charge < -0.3 is 11.5 Å². The molecule has 0 spiro atoms. The zero-order valence-electron chi connectivity index (χ0n) is 7.33. The summed E-state index contributed by atoms with van der Waals surface area (Å²) in [7, 11) is 0. The molecule has 1 aromatic carbocycles. The monoisotopic (exact) mass is 157 g/mol. The Labute approximate surface area is 88.0 Å². The maximum absolute atomic E-state index is 9.18. The average Bonchev–Trinajstić information content (AvgIpc) is 2.34. The molecule has 3 heteroatoms. The van der Waals surface area contributed by atoms with Gasteiger partial charge in [-0.05, 0) is 12.1 Å². The number of aromatic hydroxyl groups is 1. The van der Waals surface area contributed by atoms with Gasteiger partial charge in [-0.1, -0.05) is 12.1 Å². The number of rotatable bonds is 0. The van der Waals surface area contributed by atoms with Crippen LogP contribution in [0.15, 0.2) is 30.5 Å². The molecule has 52 valence electrons. The molecule has 2 aromatic rings. The molecule has 2 rings (SSSR count). The van der Waals surface area contributed by atoms with E-state index in [1.54, 1.807) is 6.20 Å². The van der Waals surface area contributed by atoms with Crippen LogP contribution < -0.4 is 29.6 Å². The average molecular weight is 157 g/mol. The molecule has 0 atom stereocenters. The van der Waals surface area contributed by atoms with Crippen molar-refractivity contribution in [2.24, 2.45) is 0 Å². The minimum atomic E-state index is 0. The van der Waals surface area contributed by atoms with E-state index in [-0.39, 0.29) is 31.0 Å². The number of nitrogens with one attached hydrogen (secondary N) is 1. The second-order valence-corrected chi connectivity index (χ2v) is 2.22. The van der Waals surface area contributed by atoms with E-state index < -0.39 is 0 Å². The quantitative estimate of drug-likeness (QED) is 0.472. The molecule has 11 heavy (non-hydrogen) atoms. The molecule has 0 unspecified atom stereocenters. The molecule has 0 saturated heterocycles. The van der Waals surface area contributed by atoms with E-state index >= 15 is 0 Å². The molecule has 0 amide bonds. The second-order valence-electron chi connectivity index (χ2n) is 2.22. The largest absolute Gasteiger partial charge is 1.00 e. The third-order valence-electron chi connectivity index (χ3n) is 1.57. The van der Waals surface area contributed by atoms with Crippen LogP contribution in [0.25, 0.3) is 10.9 Å². The van der Waals surface area contributed by atoms with Crippen LogP contribution in [0, 0.1) is 0 Å². The maximum atomic E-state index is 9.18. The Morgan fingerprint density at radius 3 is 2.73 bits per heavy atom. The molecule has 0 aliphatic carbocycles. The van der Waals surface area contributed by atoms with Crippen molar-refractivity contribution in [1.29, 1.82) is 0 Å². The predicted molar refractivity (Wildman–Crippen MR) is 41.1 cm³/mol. The summed E-state index contributed by atoms with van der Waals surface area (Å²) in [6.45, 7) is 0. The summed E-state index contributed by atoms with van der Waals surface area (Å²) in [4.78, 5) is 2.94. The molecular weight excluding hydrogens is 149 g/mol. The maximum Gasteiger partial charge on any atom is 1.00 e. The molecule has 2 nitrogen and oxygen atoms in total. The summed E-state index contributed by atoms with van der Waals surface area (Å²) in [6, 6.07) is 7.63. The van der Waals surface area contributed by atoms with Gasteiger partial charge in [0.1, 0.15) is 5.75 Å². The van der Waals surface area contributed by atoms with E-state index in [0.717, 1.165) is 10.9 Å². The first kappa shape index (κ1) is 8.65. The van der Waals surface area contributed by atoms with Gasteiger partial charge in [-0.15, -0.1) is 0 Å². The number of aromatic nitrogens is 1. The fourth-order valence-corrected chi connectivity index (χ4v) is 1.06. The van der Waals surface area contributed by atoms with E-state index in [9.17, 15) is 5.11 Å². The molecular formula is C8H8NNaO. The Morgan fingerprint density at radius 1 is 1.27 bits per heavy atom. The van der Waals surface area contributed by atoms with Crippen LogP contribution in [0.1, 0.15) is 1.43 Å². The fourth-order valence-electron chi connectivity index (χ4n) is 1.06. The van der Waals surface area contributed by atoms with Crippen molar-refractivity contribution in [2.45, 2.75) is 0 Å². The van der Waals surface area contributed by atoms with E-state index in [1.807, 2.05) is 24.3 Å². The van der Waals surface area contributed by atoms with E-state index in [1.165, 1.54) is 0 Å². The molecule has 0 aliphatic rings. The Morgan fingerprint density at radius 2 is 2.00 bits per heavy atom. The van der Waals surface area contributed by atoms with E-state index in [4.69, 9.17) is 0 Å². The first-order chi connectivity index (χ1) is 4.88. The number of para-hydroxylation sites is 1. The molecule has 0 fully saturated rings. The van der Waals surface area contributed by atoms with Crippen molar-refractivity contribution in [3.05, 3.63) is 30.5 Å². The van der Waals surface area contributed by atoms with Gasteiger partial charge in [0.15, 0.2) is 0 Å². The van der Waals surface area contributed by atoms with Gasteiger partial charge in [-0.2, -0.15) is 0 Å². The normalized spacial score (nSPS) is 9.45. The second kappa shape index (κ2) is 3.30. The first-order valence-electron chi connectivity index (χ1n) is 3.13. The van der Waals surface area contributed by atoms with Crippen LogP contribution in [-0.4, -0.2) is 10.1 Å². The topological polar surface area (TPSA) is 36.0 Å². The van der Waals surface area contributed by atoms with Gasteiger partial charge in [0, 0.05) is 17.1 Å². The molecule has 1 heterocycles. The number of hydrogen-bond donors (Lipinski definition) is 2. The van der Waals surface area contributed by atoms with Gasteiger partial charge >= 0.3 is 29.6 Å². The molecule has 0 aliphatic heterocycles. The van der Waals surface area contributed by atoms with Crippen LogP contribution >= 0.6 is 0 Å². The molecule has 0 bridgehead atoms. The van der Waals surface area contributed by atoms with Crippen LogP contribution in [0.4, 0.5) is 0 Å². The summed E-state index contributed by atoms with van der Waals surface area (Å²) in [5.41, 5.74) is 0.972.